The summed E-state index contributed by atoms with van der Waals surface area (Å²) in [5, 5.41) is 17.2. The summed E-state index contributed by atoms with van der Waals surface area (Å²) in [7, 11) is 0. The van der Waals surface area contributed by atoms with Crippen molar-refractivity contribution >= 4 is 40.7 Å². The fourth-order valence-corrected chi connectivity index (χ4v) is 4.75. The van der Waals surface area contributed by atoms with Gasteiger partial charge in [-0.1, -0.05) is 45.1 Å². The van der Waals surface area contributed by atoms with E-state index in [1.54, 1.807) is 20.8 Å². The van der Waals surface area contributed by atoms with Crippen LogP contribution in [-0.4, -0.2) is 63.5 Å². The van der Waals surface area contributed by atoms with Crippen LogP contribution in [0.5, 0.6) is 0 Å². The Kier molecular flexibility index (Phi) is 10.3. The number of hydrazine groups is 1. The SMILES string of the molecule is CCc1ccc2c(C)cc(/C=C/C(C)(C)C(=O)NC(C(=O)NC(C)C(=O)N3CCCC(C(=O)O)N3)C(C)C)cc2n1. The first-order valence-electron chi connectivity index (χ1n) is 14.2. The van der Waals surface area contributed by atoms with Crippen LogP contribution in [0.4, 0.5) is 0 Å². The lowest BCUT2D eigenvalue weighted by molar-refractivity contribution is -0.148. The quantitative estimate of drug-likeness (QED) is 0.346. The highest BCUT2D eigenvalue weighted by molar-refractivity contribution is 5.94. The number of aromatic nitrogens is 1. The highest BCUT2D eigenvalue weighted by Crippen LogP contribution is 2.24. The van der Waals surface area contributed by atoms with Crippen molar-refractivity contribution in [3.8, 4) is 0 Å². The second kappa shape index (κ2) is 13.2. The van der Waals surface area contributed by atoms with Gasteiger partial charge in [-0.2, -0.15) is 0 Å². The second-order valence-corrected chi connectivity index (χ2v) is 11.7. The number of hydrogen-bond acceptors (Lipinski definition) is 6. The predicted octanol–water partition coefficient (Wildman–Crippen LogP) is 3.37. The number of carbonyl (C=O) groups is 4. The zero-order valence-corrected chi connectivity index (χ0v) is 25.1. The van der Waals surface area contributed by atoms with E-state index in [1.807, 2.05) is 45.1 Å². The highest BCUT2D eigenvalue weighted by atomic mass is 16.4. The van der Waals surface area contributed by atoms with E-state index in [-0.39, 0.29) is 11.8 Å². The van der Waals surface area contributed by atoms with Gasteiger partial charge >= 0.3 is 5.97 Å². The molecule has 2 heterocycles. The van der Waals surface area contributed by atoms with Crippen molar-refractivity contribution in [3.63, 3.8) is 0 Å². The highest BCUT2D eigenvalue weighted by Gasteiger charge is 2.34. The van der Waals surface area contributed by atoms with Crippen molar-refractivity contribution < 1.29 is 24.3 Å². The molecule has 2 aromatic rings. The standard InChI is InChI=1S/C31H43N5O5/c1-8-22-11-12-23-19(4)16-21(17-25(23)33-22)13-14-31(6,7)30(41)34-26(18(2)3)27(37)32-20(5)28(38)36-15-9-10-24(35-36)29(39)40/h11-14,16-18,20,24,26,35H,8-10,15H2,1-7H3,(H,32,37)(H,34,41)(H,39,40)/b14-13+. The van der Waals surface area contributed by atoms with Crippen molar-refractivity contribution in [3.05, 3.63) is 47.2 Å². The van der Waals surface area contributed by atoms with Gasteiger partial charge in [0.05, 0.1) is 10.9 Å². The lowest BCUT2D eigenvalue weighted by atomic mass is 9.89. The number of nitrogens with one attached hydrogen (secondary N) is 3. The number of aryl methyl sites for hydroxylation is 2. The van der Waals surface area contributed by atoms with Crippen LogP contribution in [0, 0.1) is 18.3 Å². The van der Waals surface area contributed by atoms with Crippen molar-refractivity contribution in [1.82, 2.24) is 26.1 Å². The summed E-state index contributed by atoms with van der Waals surface area (Å²) in [4.78, 5) is 55.5. The number of fused-ring (bicyclic) bond motifs is 1. The largest absolute Gasteiger partial charge is 0.480 e. The number of carbonyl (C=O) groups excluding carboxylic acids is 3. The summed E-state index contributed by atoms with van der Waals surface area (Å²) in [6.07, 6.45) is 5.52. The molecule has 1 saturated heterocycles. The van der Waals surface area contributed by atoms with Gasteiger partial charge in [-0.05, 0) is 76.1 Å². The van der Waals surface area contributed by atoms with E-state index in [0.29, 0.717) is 19.4 Å². The number of hydrogen-bond donors (Lipinski definition) is 4. The van der Waals surface area contributed by atoms with Crippen LogP contribution in [0.2, 0.25) is 0 Å². The Labute approximate surface area is 241 Å². The fourth-order valence-electron chi connectivity index (χ4n) is 4.75. The molecule has 3 amide bonds. The van der Waals surface area contributed by atoms with Gasteiger partial charge in [0.25, 0.3) is 5.91 Å². The molecule has 3 rings (SSSR count). The molecular weight excluding hydrogens is 522 g/mol. The third-order valence-corrected chi connectivity index (χ3v) is 7.45. The third kappa shape index (κ3) is 7.91. The van der Waals surface area contributed by atoms with E-state index in [1.165, 1.54) is 5.01 Å². The van der Waals surface area contributed by atoms with Crippen molar-refractivity contribution in [2.24, 2.45) is 11.3 Å². The molecule has 0 spiro atoms. The summed E-state index contributed by atoms with van der Waals surface area (Å²) in [5.74, 6) is -2.52. The number of carboxylic acids is 1. The molecular formula is C31H43N5O5. The summed E-state index contributed by atoms with van der Waals surface area (Å²) in [6, 6.07) is 5.55. The summed E-state index contributed by atoms with van der Waals surface area (Å²) >= 11 is 0. The van der Waals surface area contributed by atoms with Crippen LogP contribution in [0.3, 0.4) is 0 Å². The second-order valence-electron chi connectivity index (χ2n) is 11.7. The smallest absolute Gasteiger partial charge is 0.322 e. The minimum atomic E-state index is -1.03. The summed E-state index contributed by atoms with van der Waals surface area (Å²) in [5.41, 5.74) is 5.73. The van der Waals surface area contributed by atoms with E-state index < -0.39 is 41.3 Å². The maximum atomic E-state index is 13.3. The molecule has 1 aliphatic heterocycles. The maximum absolute atomic E-state index is 13.3. The average Bonchev–Trinajstić information content (AvgIpc) is 2.93. The zero-order chi connectivity index (χ0) is 30.5. The molecule has 3 unspecified atom stereocenters. The zero-order valence-electron chi connectivity index (χ0n) is 25.1. The molecule has 41 heavy (non-hydrogen) atoms. The predicted molar refractivity (Wildman–Crippen MR) is 159 cm³/mol. The number of carboxylic acid groups (broad SMARTS) is 1. The number of benzene rings is 1. The van der Waals surface area contributed by atoms with Crippen LogP contribution < -0.4 is 16.1 Å². The molecule has 4 N–H and O–H groups in total. The molecule has 1 aromatic carbocycles. The van der Waals surface area contributed by atoms with E-state index >= 15 is 0 Å². The number of rotatable bonds is 10. The first kappa shape index (κ1) is 31.7. The Bertz CT molecular complexity index is 1340. The Morgan fingerprint density at radius 3 is 2.51 bits per heavy atom. The van der Waals surface area contributed by atoms with Gasteiger partial charge in [0.1, 0.15) is 18.1 Å². The molecule has 3 atom stereocenters. The van der Waals surface area contributed by atoms with Crippen LogP contribution in [0.25, 0.3) is 17.0 Å². The molecule has 1 aromatic heterocycles. The molecule has 0 saturated carbocycles. The molecule has 1 aliphatic rings. The summed E-state index contributed by atoms with van der Waals surface area (Å²) < 4.78 is 0. The molecule has 0 radical (unpaired) electrons. The third-order valence-electron chi connectivity index (χ3n) is 7.45. The van der Waals surface area contributed by atoms with Crippen LogP contribution in [0.1, 0.15) is 71.2 Å². The monoisotopic (exact) mass is 565 g/mol. The first-order chi connectivity index (χ1) is 19.2. The van der Waals surface area contributed by atoms with Gasteiger partial charge in [0, 0.05) is 17.6 Å². The molecule has 10 nitrogen and oxygen atoms in total. The number of nitrogens with zero attached hydrogens (tertiary/aromatic N) is 2. The van der Waals surface area contributed by atoms with Crippen LogP contribution in [0.15, 0.2) is 30.3 Å². The normalized spacial score (nSPS) is 17.5. The van der Waals surface area contributed by atoms with Gasteiger partial charge < -0.3 is 15.7 Å². The molecule has 222 valence electrons. The van der Waals surface area contributed by atoms with Gasteiger partial charge in [-0.15, -0.1) is 0 Å². The van der Waals surface area contributed by atoms with E-state index in [2.05, 4.69) is 35.1 Å². The lowest BCUT2D eigenvalue weighted by Gasteiger charge is -2.34. The first-order valence-corrected chi connectivity index (χ1v) is 14.2. The van der Waals surface area contributed by atoms with Gasteiger partial charge in [0.15, 0.2) is 0 Å². The minimum Gasteiger partial charge on any atom is -0.480 e. The number of aliphatic carboxylic acids is 1. The van der Waals surface area contributed by atoms with Crippen LogP contribution in [-0.2, 0) is 25.6 Å². The number of pyridine rings is 1. The van der Waals surface area contributed by atoms with E-state index in [0.717, 1.165) is 34.1 Å². The van der Waals surface area contributed by atoms with Crippen LogP contribution >= 0.6 is 0 Å². The van der Waals surface area contributed by atoms with Crippen molar-refractivity contribution in [2.45, 2.75) is 85.9 Å². The van der Waals surface area contributed by atoms with E-state index in [9.17, 15) is 24.3 Å². The maximum Gasteiger partial charge on any atom is 0.322 e. The minimum absolute atomic E-state index is 0.243. The molecule has 1 fully saturated rings. The molecule has 10 heteroatoms. The van der Waals surface area contributed by atoms with Gasteiger partial charge in [-0.3, -0.25) is 29.2 Å². The number of amides is 3. The Balaban J connectivity index is 1.68. The van der Waals surface area contributed by atoms with Crippen molar-refractivity contribution in [2.75, 3.05) is 6.54 Å². The lowest BCUT2D eigenvalue weighted by Crippen LogP contribution is -2.61. The van der Waals surface area contributed by atoms with Crippen molar-refractivity contribution in [1.29, 1.82) is 0 Å². The van der Waals surface area contributed by atoms with Gasteiger partial charge in [0.2, 0.25) is 11.8 Å². The summed E-state index contributed by atoms with van der Waals surface area (Å²) in [6.45, 7) is 13.2. The molecule has 0 bridgehead atoms. The average molecular weight is 566 g/mol. The van der Waals surface area contributed by atoms with E-state index in [4.69, 9.17) is 4.98 Å². The fraction of sp³-hybridized carbons (Fsp3) is 0.516. The Hall–Kier alpha value is -3.79. The topological polar surface area (TPSA) is 141 Å². The molecule has 0 aliphatic carbocycles. The Morgan fingerprint density at radius 1 is 1.17 bits per heavy atom. The van der Waals surface area contributed by atoms with Gasteiger partial charge in [-0.25, -0.2) is 5.43 Å². The Morgan fingerprint density at radius 2 is 1.88 bits per heavy atom.